The largest absolute Gasteiger partial charge is 0.393 e. The summed E-state index contributed by atoms with van der Waals surface area (Å²) < 4.78 is 0. The number of nitrogens with zero attached hydrogens (tertiary/aromatic N) is 3. The molecule has 1 aliphatic heterocycles. The van der Waals surface area contributed by atoms with Gasteiger partial charge in [-0.2, -0.15) is 4.98 Å². The van der Waals surface area contributed by atoms with E-state index in [0.29, 0.717) is 23.2 Å². The van der Waals surface area contributed by atoms with Crippen LogP contribution < -0.4 is 16.0 Å². The lowest BCUT2D eigenvalue weighted by Gasteiger charge is -2.32. The number of rotatable bonds is 11. The normalized spacial score (nSPS) is 24.4. The third-order valence-corrected chi connectivity index (χ3v) is 7.36. The van der Waals surface area contributed by atoms with Crippen LogP contribution >= 0.6 is 0 Å². The van der Waals surface area contributed by atoms with Crippen LogP contribution in [0.25, 0.3) is 0 Å². The minimum atomic E-state index is -0.160. The van der Waals surface area contributed by atoms with Crippen LogP contribution in [0.5, 0.6) is 0 Å². The molecule has 2 heterocycles. The van der Waals surface area contributed by atoms with Crippen molar-refractivity contribution in [3.05, 3.63) is 11.8 Å². The predicted octanol–water partition coefficient (Wildman–Crippen LogP) is 3.26. The fraction of sp³-hybridized carbons (Fsp3) is 0.800. The molecule has 1 aromatic heterocycles. The highest BCUT2D eigenvalue weighted by atomic mass is 16.3. The smallest absolute Gasteiger partial charge is 0.256 e. The molecule has 0 spiro atoms. The molecule has 1 amide bonds. The number of nitrogens with one attached hydrogen (secondary N) is 3. The van der Waals surface area contributed by atoms with Crippen molar-refractivity contribution in [3.8, 4) is 0 Å². The van der Waals surface area contributed by atoms with E-state index in [1.165, 1.54) is 19.4 Å². The van der Waals surface area contributed by atoms with E-state index in [4.69, 9.17) is 0 Å². The first-order valence-electron chi connectivity index (χ1n) is 13.2. The van der Waals surface area contributed by atoms with E-state index in [1.54, 1.807) is 6.20 Å². The number of carbonyl (C=O) groups excluding carboxylic acids is 1. The first-order valence-corrected chi connectivity index (χ1v) is 13.2. The first-order chi connectivity index (χ1) is 16.1. The van der Waals surface area contributed by atoms with E-state index in [0.717, 1.165) is 83.5 Å². The van der Waals surface area contributed by atoms with Crippen LogP contribution in [0.4, 0.5) is 11.8 Å². The number of aromatic nitrogens is 2. The molecule has 8 heteroatoms. The molecule has 4 rings (SSSR count). The molecule has 3 fully saturated rings. The molecule has 184 valence electrons. The van der Waals surface area contributed by atoms with Crippen LogP contribution in [-0.2, 0) is 0 Å². The molecule has 0 atom stereocenters. The Balaban J connectivity index is 1.35. The Morgan fingerprint density at radius 2 is 1.79 bits per heavy atom. The van der Waals surface area contributed by atoms with Gasteiger partial charge in [0.05, 0.1) is 6.10 Å². The highest BCUT2D eigenvalue weighted by Gasteiger charge is 2.28. The van der Waals surface area contributed by atoms with E-state index in [1.807, 2.05) is 0 Å². The zero-order chi connectivity index (χ0) is 23.0. The molecule has 2 aliphatic carbocycles. The predicted molar refractivity (Wildman–Crippen MR) is 132 cm³/mol. The molecule has 1 saturated heterocycles. The quantitative estimate of drug-likeness (QED) is 0.378. The fourth-order valence-corrected chi connectivity index (χ4v) is 4.92. The standard InChI is InChI=1S/C25H42N6O2/c1-2-3-12-26-25-28-16-22(23(30-25)27-15-18-6-8-21(32)9-7-18)24(33)29-20-10-13-31(14-11-20)17-19-4-5-19/h16,18-21,32H,2-15,17H2,1H3,(H,29,33)(H2,26,27,28,30). The summed E-state index contributed by atoms with van der Waals surface area (Å²) in [4.78, 5) is 24.8. The van der Waals surface area contributed by atoms with Crippen molar-refractivity contribution in [2.75, 3.05) is 43.4 Å². The van der Waals surface area contributed by atoms with Crippen LogP contribution in [0.1, 0.15) is 81.5 Å². The Morgan fingerprint density at radius 1 is 1.06 bits per heavy atom. The Bertz CT molecular complexity index is 755. The Labute approximate surface area is 198 Å². The molecule has 0 bridgehead atoms. The van der Waals surface area contributed by atoms with Gasteiger partial charge in [0.15, 0.2) is 0 Å². The third-order valence-electron chi connectivity index (χ3n) is 7.36. The summed E-state index contributed by atoms with van der Waals surface area (Å²) in [6.45, 7) is 7.10. The second-order valence-electron chi connectivity index (χ2n) is 10.3. The average molecular weight is 459 g/mol. The summed E-state index contributed by atoms with van der Waals surface area (Å²) in [5.41, 5.74) is 0.521. The number of carbonyl (C=O) groups is 1. The summed E-state index contributed by atoms with van der Waals surface area (Å²) in [7, 11) is 0. The van der Waals surface area contributed by atoms with Crippen LogP contribution in [-0.4, -0.2) is 70.8 Å². The number of anilines is 2. The minimum Gasteiger partial charge on any atom is -0.393 e. The van der Waals surface area contributed by atoms with Gasteiger partial charge in [-0.3, -0.25) is 4.79 Å². The zero-order valence-electron chi connectivity index (χ0n) is 20.2. The van der Waals surface area contributed by atoms with Crippen LogP contribution in [0.2, 0.25) is 0 Å². The van der Waals surface area contributed by atoms with Crippen molar-refractivity contribution in [2.45, 2.75) is 83.3 Å². The van der Waals surface area contributed by atoms with Gasteiger partial charge < -0.3 is 26.0 Å². The second-order valence-corrected chi connectivity index (χ2v) is 10.3. The Kier molecular flexibility index (Phi) is 8.78. The van der Waals surface area contributed by atoms with Crippen LogP contribution in [0, 0.1) is 11.8 Å². The highest BCUT2D eigenvalue weighted by Crippen LogP contribution is 2.30. The summed E-state index contributed by atoms with van der Waals surface area (Å²) in [5.74, 6) is 2.50. The van der Waals surface area contributed by atoms with E-state index in [2.05, 4.69) is 37.7 Å². The first kappa shape index (κ1) is 24.2. The molecular formula is C25H42N6O2. The molecule has 0 unspecified atom stereocenters. The number of aliphatic hydroxyl groups excluding tert-OH is 1. The number of piperidine rings is 1. The van der Waals surface area contributed by atoms with Gasteiger partial charge in [0.2, 0.25) is 5.95 Å². The number of aliphatic hydroxyl groups is 1. The van der Waals surface area contributed by atoms with Crippen LogP contribution in [0.3, 0.4) is 0 Å². The lowest BCUT2D eigenvalue weighted by Crippen LogP contribution is -2.45. The van der Waals surface area contributed by atoms with Gasteiger partial charge in [-0.1, -0.05) is 13.3 Å². The maximum Gasteiger partial charge on any atom is 0.256 e. The summed E-state index contributed by atoms with van der Waals surface area (Å²) in [5, 5.41) is 19.7. The zero-order valence-corrected chi connectivity index (χ0v) is 20.2. The maximum atomic E-state index is 13.2. The van der Waals surface area contributed by atoms with Gasteiger partial charge in [0, 0.05) is 45.0 Å². The topological polar surface area (TPSA) is 102 Å². The van der Waals surface area contributed by atoms with Crippen LogP contribution in [0.15, 0.2) is 6.20 Å². The molecule has 0 aromatic carbocycles. The molecule has 8 nitrogen and oxygen atoms in total. The Hall–Kier alpha value is -1.93. The summed E-state index contributed by atoms with van der Waals surface area (Å²) in [6.07, 6.45) is 12.1. The summed E-state index contributed by atoms with van der Waals surface area (Å²) >= 11 is 0. The molecule has 1 aromatic rings. The molecule has 2 saturated carbocycles. The van der Waals surface area contributed by atoms with Gasteiger partial charge in [0.25, 0.3) is 5.91 Å². The van der Waals surface area contributed by atoms with Crippen molar-refractivity contribution in [1.29, 1.82) is 0 Å². The highest BCUT2D eigenvalue weighted by molar-refractivity contribution is 5.98. The lowest BCUT2D eigenvalue weighted by atomic mass is 9.87. The van der Waals surface area contributed by atoms with Crippen molar-refractivity contribution in [3.63, 3.8) is 0 Å². The number of unbranched alkanes of at least 4 members (excludes halogenated alkanes) is 1. The molecule has 3 aliphatic rings. The van der Waals surface area contributed by atoms with Gasteiger partial charge in [-0.05, 0) is 69.6 Å². The van der Waals surface area contributed by atoms with E-state index in [9.17, 15) is 9.90 Å². The van der Waals surface area contributed by atoms with Gasteiger partial charge in [-0.25, -0.2) is 4.98 Å². The fourth-order valence-electron chi connectivity index (χ4n) is 4.92. The number of amides is 1. The summed E-state index contributed by atoms with van der Waals surface area (Å²) in [6, 6.07) is 0.211. The molecule has 4 N–H and O–H groups in total. The minimum absolute atomic E-state index is 0.0858. The SMILES string of the molecule is CCCCNc1ncc(C(=O)NC2CCN(CC3CC3)CC2)c(NCC2CCC(O)CC2)n1. The van der Waals surface area contributed by atoms with Crippen molar-refractivity contribution >= 4 is 17.7 Å². The van der Waals surface area contributed by atoms with Crippen molar-refractivity contribution in [1.82, 2.24) is 20.2 Å². The van der Waals surface area contributed by atoms with Gasteiger partial charge in [0.1, 0.15) is 11.4 Å². The second kappa shape index (κ2) is 12.0. The number of hydrogen-bond donors (Lipinski definition) is 4. The van der Waals surface area contributed by atoms with E-state index >= 15 is 0 Å². The van der Waals surface area contributed by atoms with E-state index in [-0.39, 0.29) is 18.1 Å². The monoisotopic (exact) mass is 458 g/mol. The average Bonchev–Trinajstić information content (AvgIpc) is 3.64. The van der Waals surface area contributed by atoms with Crippen molar-refractivity contribution in [2.24, 2.45) is 11.8 Å². The number of likely N-dealkylation sites (tertiary alicyclic amines) is 1. The molecule has 33 heavy (non-hydrogen) atoms. The number of hydrogen-bond acceptors (Lipinski definition) is 7. The molecule has 0 radical (unpaired) electrons. The van der Waals surface area contributed by atoms with Gasteiger partial charge in [-0.15, -0.1) is 0 Å². The lowest BCUT2D eigenvalue weighted by molar-refractivity contribution is 0.0910. The Morgan fingerprint density at radius 3 is 2.48 bits per heavy atom. The van der Waals surface area contributed by atoms with E-state index < -0.39 is 0 Å². The van der Waals surface area contributed by atoms with Crippen molar-refractivity contribution < 1.29 is 9.90 Å². The maximum absolute atomic E-state index is 13.2. The third kappa shape index (κ3) is 7.54. The van der Waals surface area contributed by atoms with Gasteiger partial charge >= 0.3 is 0 Å². The molecular weight excluding hydrogens is 416 g/mol.